The van der Waals surface area contributed by atoms with Crippen LogP contribution in [0.25, 0.3) is 0 Å². The second-order valence-electron chi connectivity index (χ2n) is 2.27. The minimum Gasteiger partial charge on any atom is -0.249 e. The third-order valence-electron chi connectivity index (χ3n) is 1.26. The van der Waals surface area contributed by atoms with Gasteiger partial charge in [-0.25, -0.2) is 8.99 Å². The van der Waals surface area contributed by atoms with Gasteiger partial charge in [-0.2, -0.15) is 0 Å². The molecule has 1 N–H and O–H groups in total. The van der Waals surface area contributed by atoms with E-state index in [-0.39, 0.29) is 0 Å². The van der Waals surface area contributed by atoms with Crippen LogP contribution in [0.2, 0.25) is 0 Å². The first-order chi connectivity index (χ1) is 5.02. The topological polar surface area (TPSA) is 40.9 Å². The van der Waals surface area contributed by atoms with Crippen LogP contribution >= 0.6 is 15.9 Å². The average molecular weight is 234 g/mol. The maximum atomic E-state index is 11.2. The summed E-state index contributed by atoms with van der Waals surface area (Å²) in [6, 6.07) is 7.09. The smallest absolute Gasteiger partial charge is 0.0708 e. The number of nitrogens with one attached hydrogen (secondary N) is 1. The van der Waals surface area contributed by atoms with Crippen molar-refractivity contribution in [3.05, 3.63) is 28.7 Å². The molecule has 0 aromatic heterocycles. The van der Waals surface area contributed by atoms with Crippen LogP contribution in [0.5, 0.6) is 0 Å². The van der Waals surface area contributed by atoms with E-state index in [2.05, 4.69) is 15.9 Å². The summed E-state index contributed by atoms with van der Waals surface area (Å²) >= 11 is 3.23. The molecular weight excluding hydrogens is 226 g/mol. The fraction of sp³-hybridized carbons (Fsp3) is 0.143. The van der Waals surface area contributed by atoms with Gasteiger partial charge in [-0.15, -0.1) is 0 Å². The number of halogens is 1. The molecule has 0 heterocycles. The zero-order valence-electron chi connectivity index (χ0n) is 6.00. The second kappa shape index (κ2) is 2.95. The molecule has 1 aromatic carbocycles. The van der Waals surface area contributed by atoms with E-state index in [1.54, 1.807) is 18.2 Å². The van der Waals surface area contributed by atoms with Crippen molar-refractivity contribution < 1.29 is 4.21 Å². The monoisotopic (exact) mass is 233 g/mol. The van der Waals surface area contributed by atoms with Gasteiger partial charge >= 0.3 is 0 Å². The highest BCUT2D eigenvalue weighted by Crippen LogP contribution is 2.20. The molecular formula is C7H8BrNOS. The third-order valence-corrected chi connectivity index (χ3v) is 3.41. The summed E-state index contributed by atoms with van der Waals surface area (Å²) in [6.07, 6.45) is 1.41. The fourth-order valence-corrected chi connectivity index (χ4v) is 2.75. The molecule has 1 aromatic rings. The van der Waals surface area contributed by atoms with Crippen LogP contribution in [-0.4, -0.2) is 10.5 Å². The lowest BCUT2D eigenvalue weighted by Crippen LogP contribution is -1.94. The Labute approximate surface area is 74.7 Å². The van der Waals surface area contributed by atoms with Crippen molar-refractivity contribution >= 4 is 25.7 Å². The lowest BCUT2D eigenvalue weighted by molar-refractivity contribution is 0.678. The lowest BCUT2D eigenvalue weighted by atomic mass is 10.4. The second-order valence-corrected chi connectivity index (χ2v) is 5.26. The summed E-state index contributed by atoms with van der Waals surface area (Å²) in [4.78, 5) is 0.556. The quantitative estimate of drug-likeness (QED) is 0.796. The summed E-state index contributed by atoms with van der Waals surface area (Å²) in [5, 5.41) is 0. The van der Waals surface area contributed by atoms with Gasteiger partial charge in [0.1, 0.15) is 0 Å². The molecule has 0 aliphatic heterocycles. The number of hydrogen-bond acceptors (Lipinski definition) is 2. The lowest BCUT2D eigenvalue weighted by Gasteiger charge is -2.01. The standard InChI is InChI=1S/C7H8BrNOS/c1-11(9,10)7-5-3-2-4-6(7)8/h2-5,9H,1H3. The van der Waals surface area contributed by atoms with Crippen molar-refractivity contribution in [2.24, 2.45) is 0 Å². The van der Waals surface area contributed by atoms with Gasteiger partial charge in [0.2, 0.25) is 0 Å². The Kier molecular flexibility index (Phi) is 2.34. The van der Waals surface area contributed by atoms with Crippen LogP contribution in [0, 0.1) is 4.78 Å². The van der Waals surface area contributed by atoms with Gasteiger partial charge in [0.25, 0.3) is 0 Å². The molecule has 0 bridgehead atoms. The normalized spacial score (nSPS) is 15.8. The number of rotatable bonds is 1. The van der Waals surface area contributed by atoms with Gasteiger partial charge in [0.15, 0.2) is 0 Å². The third kappa shape index (κ3) is 2.04. The molecule has 0 saturated carbocycles. The van der Waals surface area contributed by atoms with Crippen LogP contribution < -0.4 is 0 Å². The van der Waals surface area contributed by atoms with Crippen LogP contribution in [-0.2, 0) is 9.73 Å². The predicted octanol–water partition coefficient (Wildman–Crippen LogP) is 2.48. The van der Waals surface area contributed by atoms with Crippen molar-refractivity contribution in [3.63, 3.8) is 0 Å². The molecule has 0 radical (unpaired) electrons. The Morgan fingerprint density at radius 2 is 2.00 bits per heavy atom. The zero-order chi connectivity index (χ0) is 8.48. The van der Waals surface area contributed by atoms with Gasteiger partial charge < -0.3 is 0 Å². The summed E-state index contributed by atoms with van der Waals surface area (Å²) < 4.78 is 19.3. The Hall–Kier alpha value is -0.350. The van der Waals surface area contributed by atoms with E-state index in [0.717, 1.165) is 4.47 Å². The zero-order valence-corrected chi connectivity index (χ0v) is 8.41. The van der Waals surface area contributed by atoms with Gasteiger partial charge in [-0.3, -0.25) is 0 Å². The molecule has 0 fully saturated rings. The van der Waals surface area contributed by atoms with Crippen molar-refractivity contribution in [1.29, 1.82) is 4.78 Å². The summed E-state index contributed by atoms with van der Waals surface area (Å²) in [5.74, 6) is 0. The average Bonchev–Trinajstić information content (AvgIpc) is 1.86. The molecule has 2 nitrogen and oxygen atoms in total. The molecule has 0 aliphatic carbocycles. The molecule has 1 unspecified atom stereocenters. The fourth-order valence-electron chi connectivity index (χ4n) is 0.761. The first kappa shape index (κ1) is 8.74. The van der Waals surface area contributed by atoms with Crippen molar-refractivity contribution in [2.75, 3.05) is 6.26 Å². The van der Waals surface area contributed by atoms with Crippen LogP contribution in [0.4, 0.5) is 0 Å². The van der Waals surface area contributed by atoms with Crippen molar-refractivity contribution in [3.8, 4) is 0 Å². The molecule has 0 spiro atoms. The SMILES string of the molecule is CS(=N)(=O)c1ccccc1Br. The van der Waals surface area contributed by atoms with Gasteiger partial charge in [-0.1, -0.05) is 12.1 Å². The minimum atomic E-state index is -2.58. The molecule has 0 aliphatic rings. The van der Waals surface area contributed by atoms with Crippen molar-refractivity contribution in [1.82, 2.24) is 0 Å². The van der Waals surface area contributed by atoms with E-state index in [9.17, 15) is 4.21 Å². The van der Waals surface area contributed by atoms with E-state index in [0.29, 0.717) is 4.90 Å². The largest absolute Gasteiger partial charge is 0.249 e. The summed E-state index contributed by atoms with van der Waals surface area (Å²) in [6.45, 7) is 0. The predicted molar refractivity (Wildman–Crippen MR) is 49.2 cm³/mol. The highest BCUT2D eigenvalue weighted by Gasteiger charge is 2.05. The maximum Gasteiger partial charge on any atom is 0.0708 e. The van der Waals surface area contributed by atoms with Crippen LogP contribution in [0.15, 0.2) is 33.6 Å². The number of benzene rings is 1. The minimum absolute atomic E-state index is 0.556. The van der Waals surface area contributed by atoms with Gasteiger partial charge in [0, 0.05) is 10.7 Å². The Bertz CT molecular complexity index is 358. The molecule has 11 heavy (non-hydrogen) atoms. The summed E-state index contributed by atoms with van der Waals surface area (Å²) in [5.41, 5.74) is 0. The first-order valence-corrected chi connectivity index (χ1v) is 5.76. The van der Waals surface area contributed by atoms with E-state index >= 15 is 0 Å². The molecule has 1 rings (SSSR count). The molecule has 60 valence electrons. The van der Waals surface area contributed by atoms with Crippen molar-refractivity contribution in [2.45, 2.75) is 4.90 Å². The number of hydrogen-bond donors (Lipinski definition) is 1. The molecule has 4 heteroatoms. The van der Waals surface area contributed by atoms with Crippen LogP contribution in [0.1, 0.15) is 0 Å². The summed E-state index contributed by atoms with van der Waals surface area (Å²) in [7, 11) is -2.58. The van der Waals surface area contributed by atoms with Gasteiger partial charge in [0.05, 0.1) is 14.6 Å². The highest BCUT2D eigenvalue weighted by molar-refractivity contribution is 9.10. The van der Waals surface area contributed by atoms with E-state index < -0.39 is 9.73 Å². The Balaban J connectivity index is 3.37. The molecule has 0 amide bonds. The highest BCUT2D eigenvalue weighted by atomic mass is 79.9. The van der Waals surface area contributed by atoms with E-state index in [4.69, 9.17) is 4.78 Å². The van der Waals surface area contributed by atoms with E-state index in [1.165, 1.54) is 6.26 Å². The maximum absolute atomic E-state index is 11.2. The van der Waals surface area contributed by atoms with Gasteiger partial charge in [-0.05, 0) is 28.1 Å². The molecule has 1 atom stereocenters. The Morgan fingerprint density at radius 1 is 1.45 bits per heavy atom. The van der Waals surface area contributed by atoms with E-state index in [1.807, 2.05) is 6.07 Å². The Morgan fingerprint density at radius 3 is 2.36 bits per heavy atom. The first-order valence-electron chi connectivity index (χ1n) is 3.00. The molecule has 0 saturated heterocycles. The van der Waals surface area contributed by atoms with Crippen LogP contribution in [0.3, 0.4) is 0 Å².